The Balaban J connectivity index is 1.52. The van der Waals surface area contributed by atoms with E-state index in [4.69, 9.17) is 4.74 Å². The second-order valence-electron chi connectivity index (χ2n) is 5.99. The maximum Gasteiger partial charge on any atom is 0.417 e. The van der Waals surface area contributed by atoms with Crippen LogP contribution < -0.4 is 15.4 Å². The molecule has 8 nitrogen and oxygen atoms in total. The molecule has 4 rings (SSSR count). The zero-order chi connectivity index (χ0) is 19.9. The van der Waals surface area contributed by atoms with Crippen LogP contribution in [-0.2, 0) is 17.5 Å². The minimum atomic E-state index is -4.51. The molecule has 2 N–H and O–H groups in total. The first kappa shape index (κ1) is 17.8. The van der Waals surface area contributed by atoms with Gasteiger partial charge in [-0.2, -0.15) is 13.2 Å². The highest BCUT2D eigenvalue weighted by Crippen LogP contribution is 2.30. The lowest BCUT2D eigenvalue weighted by Gasteiger charge is -2.18. The third-order valence-electron chi connectivity index (χ3n) is 4.08. The van der Waals surface area contributed by atoms with Crippen LogP contribution in [0.1, 0.15) is 21.7 Å². The second-order valence-corrected chi connectivity index (χ2v) is 5.99. The fourth-order valence-corrected chi connectivity index (χ4v) is 2.71. The Morgan fingerprint density at radius 1 is 1.25 bits per heavy atom. The SMILES string of the molecule is O=C1COc2ccc(C(=O)NCc3nnc4ccc(C(F)(F)F)cn34)cc2N1. The third kappa shape index (κ3) is 3.33. The van der Waals surface area contributed by atoms with Crippen LogP contribution in [0.5, 0.6) is 5.75 Å². The van der Waals surface area contributed by atoms with E-state index >= 15 is 0 Å². The lowest BCUT2D eigenvalue weighted by atomic mass is 10.1. The number of nitrogens with zero attached hydrogens (tertiary/aromatic N) is 3. The smallest absolute Gasteiger partial charge is 0.417 e. The largest absolute Gasteiger partial charge is 0.482 e. The van der Waals surface area contributed by atoms with Crippen molar-refractivity contribution >= 4 is 23.1 Å². The average molecular weight is 391 g/mol. The Labute approximate surface area is 155 Å². The van der Waals surface area contributed by atoms with E-state index in [0.29, 0.717) is 11.4 Å². The molecule has 144 valence electrons. The number of hydrogen-bond donors (Lipinski definition) is 2. The van der Waals surface area contributed by atoms with Crippen LogP contribution >= 0.6 is 0 Å². The molecule has 0 unspecified atom stereocenters. The number of alkyl halides is 3. The van der Waals surface area contributed by atoms with Gasteiger partial charge in [-0.15, -0.1) is 10.2 Å². The van der Waals surface area contributed by atoms with E-state index in [0.717, 1.165) is 12.3 Å². The molecule has 0 saturated heterocycles. The van der Waals surface area contributed by atoms with Gasteiger partial charge in [0, 0.05) is 11.8 Å². The van der Waals surface area contributed by atoms with Crippen molar-refractivity contribution < 1.29 is 27.5 Å². The van der Waals surface area contributed by atoms with Crippen LogP contribution in [0.25, 0.3) is 5.65 Å². The Morgan fingerprint density at radius 2 is 2.07 bits per heavy atom. The Morgan fingerprint density at radius 3 is 2.86 bits per heavy atom. The highest BCUT2D eigenvalue weighted by Gasteiger charge is 2.31. The first-order valence-electron chi connectivity index (χ1n) is 8.07. The maximum atomic E-state index is 12.9. The molecule has 0 saturated carbocycles. The second kappa shape index (κ2) is 6.51. The lowest BCUT2D eigenvalue weighted by molar-refractivity contribution is -0.137. The van der Waals surface area contributed by atoms with Crippen LogP contribution in [-0.4, -0.2) is 33.0 Å². The molecule has 1 aromatic carbocycles. The number of hydrogen-bond acceptors (Lipinski definition) is 5. The summed E-state index contributed by atoms with van der Waals surface area (Å²) in [5, 5.41) is 12.8. The predicted octanol–water partition coefficient (Wildman–Crippen LogP) is 2.01. The van der Waals surface area contributed by atoms with Crippen molar-refractivity contribution in [3.63, 3.8) is 0 Å². The van der Waals surface area contributed by atoms with Gasteiger partial charge in [0.15, 0.2) is 18.1 Å². The summed E-state index contributed by atoms with van der Waals surface area (Å²) < 4.78 is 45.1. The van der Waals surface area contributed by atoms with E-state index in [2.05, 4.69) is 20.8 Å². The number of fused-ring (bicyclic) bond motifs is 2. The number of rotatable bonds is 3. The van der Waals surface area contributed by atoms with Crippen molar-refractivity contribution in [2.75, 3.05) is 11.9 Å². The first-order chi connectivity index (χ1) is 13.3. The summed E-state index contributed by atoms with van der Waals surface area (Å²) in [6.07, 6.45) is -3.63. The van der Waals surface area contributed by atoms with E-state index in [9.17, 15) is 22.8 Å². The molecule has 1 aliphatic heterocycles. The van der Waals surface area contributed by atoms with Crippen molar-refractivity contribution in [3.8, 4) is 5.75 Å². The van der Waals surface area contributed by atoms with E-state index in [1.807, 2.05) is 0 Å². The van der Waals surface area contributed by atoms with Crippen LogP contribution in [0.2, 0.25) is 0 Å². The van der Waals surface area contributed by atoms with Gasteiger partial charge in [-0.3, -0.25) is 14.0 Å². The van der Waals surface area contributed by atoms with E-state index in [1.54, 1.807) is 6.07 Å². The monoisotopic (exact) mass is 391 g/mol. The minimum Gasteiger partial charge on any atom is -0.482 e. The number of ether oxygens (including phenoxy) is 1. The van der Waals surface area contributed by atoms with Crippen molar-refractivity contribution in [2.24, 2.45) is 0 Å². The van der Waals surface area contributed by atoms with Gasteiger partial charge >= 0.3 is 6.18 Å². The standard InChI is InChI=1S/C17H12F3N5O3/c18-17(19,20)10-2-4-13-23-24-14(25(13)7-10)6-21-16(27)9-1-3-12-11(5-9)22-15(26)8-28-12/h1-5,7H,6,8H2,(H,21,27)(H,22,26). The number of anilines is 1. The van der Waals surface area contributed by atoms with Crippen molar-refractivity contribution in [2.45, 2.75) is 12.7 Å². The Hall–Kier alpha value is -3.63. The van der Waals surface area contributed by atoms with Crippen LogP contribution in [0.4, 0.5) is 18.9 Å². The van der Waals surface area contributed by atoms with Gasteiger partial charge in [0.25, 0.3) is 11.8 Å². The third-order valence-corrected chi connectivity index (χ3v) is 4.08. The minimum absolute atomic E-state index is 0.0988. The molecule has 1 aliphatic rings. The molecular formula is C17H12F3N5O3. The molecule has 2 aromatic heterocycles. The molecule has 2 amide bonds. The highest BCUT2D eigenvalue weighted by atomic mass is 19.4. The summed E-state index contributed by atoms with van der Waals surface area (Å²) in [6.45, 7) is -0.236. The normalized spacial score (nSPS) is 13.6. The summed E-state index contributed by atoms with van der Waals surface area (Å²) in [7, 11) is 0. The van der Waals surface area contributed by atoms with Crippen LogP contribution in [0.15, 0.2) is 36.5 Å². The summed E-state index contributed by atoms with van der Waals surface area (Å²) in [5.41, 5.74) is -0.00954. The fraction of sp³-hybridized carbons (Fsp3) is 0.176. The molecule has 0 spiro atoms. The number of halogens is 3. The van der Waals surface area contributed by atoms with Gasteiger partial charge in [-0.1, -0.05) is 0 Å². The fourth-order valence-electron chi connectivity index (χ4n) is 2.71. The van der Waals surface area contributed by atoms with Crippen molar-refractivity contribution in [1.82, 2.24) is 19.9 Å². The van der Waals surface area contributed by atoms with Crippen molar-refractivity contribution in [1.29, 1.82) is 0 Å². The number of aromatic nitrogens is 3. The number of carbonyl (C=O) groups is 2. The van der Waals surface area contributed by atoms with Crippen LogP contribution in [0, 0.1) is 0 Å². The zero-order valence-electron chi connectivity index (χ0n) is 14.1. The van der Waals surface area contributed by atoms with Crippen LogP contribution in [0.3, 0.4) is 0 Å². The molecule has 0 fully saturated rings. The topological polar surface area (TPSA) is 97.6 Å². The van der Waals surface area contributed by atoms with E-state index < -0.39 is 17.6 Å². The summed E-state index contributed by atoms with van der Waals surface area (Å²) in [5.74, 6) is -0.241. The maximum absolute atomic E-state index is 12.9. The molecule has 0 aliphatic carbocycles. The van der Waals surface area contributed by atoms with Gasteiger partial charge in [0.2, 0.25) is 0 Å². The lowest BCUT2D eigenvalue weighted by Crippen LogP contribution is -2.27. The number of benzene rings is 1. The molecule has 11 heteroatoms. The van der Waals surface area contributed by atoms with Gasteiger partial charge in [-0.05, 0) is 30.3 Å². The molecule has 3 aromatic rings. The Kier molecular flexibility index (Phi) is 4.13. The molecule has 0 atom stereocenters. The average Bonchev–Trinajstić information content (AvgIpc) is 3.07. The highest BCUT2D eigenvalue weighted by molar-refractivity contribution is 5.99. The summed E-state index contributed by atoms with van der Waals surface area (Å²) in [6, 6.07) is 6.62. The molecular weight excluding hydrogens is 379 g/mol. The van der Waals surface area contributed by atoms with Gasteiger partial charge in [0.05, 0.1) is 17.8 Å². The van der Waals surface area contributed by atoms with E-state index in [1.165, 1.54) is 22.6 Å². The predicted molar refractivity (Wildman–Crippen MR) is 89.7 cm³/mol. The number of carbonyl (C=O) groups excluding carboxylic acids is 2. The van der Waals surface area contributed by atoms with Gasteiger partial charge in [-0.25, -0.2) is 0 Å². The first-order valence-corrected chi connectivity index (χ1v) is 8.07. The summed E-state index contributed by atoms with van der Waals surface area (Å²) in [4.78, 5) is 23.7. The van der Waals surface area contributed by atoms with E-state index in [-0.39, 0.29) is 36.1 Å². The van der Waals surface area contributed by atoms with Gasteiger partial charge in [0.1, 0.15) is 5.75 Å². The number of pyridine rings is 1. The number of amides is 2. The number of nitrogens with one attached hydrogen (secondary N) is 2. The van der Waals surface area contributed by atoms with Crippen molar-refractivity contribution in [3.05, 3.63) is 53.5 Å². The molecule has 3 heterocycles. The molecule has 0 radical (unpaired) electrons. The quantitative estimate of drug-likeness (QED) is 0.712. The zero-order valence-corrected chi connectivity index (χ0v) is 14.1. The molecule has 0 bridgehead atoms. The summed E-state index contributed by atoms with van der Waals surface area (Å²) >= 11 is 0. The van der Waals surface area contributed by atoms with Gasteiger partial charge < -0.3 is 15.4 Å². The molecule has 28 heavy (non-hydrogen) atoms. The Bertz CT molecular complexity index is 1090.